The molecule has 0 unspecified atom stereocenters. The van der Waals surface area contributed by atoms with Gasteiger partial charge in [0.05, 0.1) is 43.9 Å². The first-order chi connectivity index (χ1) is 26.5. The molecule has 0 aliphatic carbocycles. The number of hydrogen-bond donors (Lipinski definition) is 2. The van der Waals surface area contributed by atoms with Crippen LogP contribution in [0.4, 0.5) is 39.8 Å². The van der Waals surface area contributed by atoms with Crippen molar-refractivity contribution in [3.05, 3.63) is 115 Å². The molecule has 0 spiro atoms. The van der Waals surface area contributed by atoms with Gasteiger partial charge in [-0.05, 0) is 83.6 Å². The number of nitrogens with zero attached hydrogens (tertiary/aromatic N) is 6. The van der Waals surface area contributed by atoms with Crippen LogP contribution in [-0.2, 0) is 30.4 Å². The number of rotatable bonds is 9. The molecule has 59 heavy (non-hydrogen) atoms. The van der Waals surface area contributed by atoms with Crippen LogP contribution in [-0.4, -0.2) is 38.9 Å². The molecular formula is C36H22N7Na3O10S3. The summed E-state index contributed by atoms with van der Waals surface area (Å²) in [5.74, 6) is -0.889. The van der Waals surface area contributed by atoms with Crippen molar-refractivity contribution in [2.45, 2.75) is 14.7 Å². The Labute approximate surface area is 402 Å². The molecule has 17 nitrogen and oxygen atoms in total. The van der Waals surface area contributed by atoms with E-state index < -0.39 is 56.5 Å². The first-order valence-electron chi connectivity index (χ1n) is 15.8. The Morgan fingerprint density at radius 1 is 0.492 bits per heavy atom. The van der Waals surface area contributed by atoms with Crippen molar-refractivity contribution in [3.8, 4) is 5.75 Å². The fraction of sp³-hybridized carbons (Fsp3) is 0. The van der Waals surface area contributed by atoms with Crippen LogP contribution in [0.5, 0.6) is 5.75 Å². The first kappa shape index (κ1) is 48.1. The van der Waals surface area contributed by atoms with Crippen LogP contribution in [0.15, 0.2) is 161 Å². The monoisotopic (exact) mass is 877 g/mol. The van der Waals surface area contributed by atoms with Crippen LogP contribution in [0.2, 0.25) is 0 Å². The van der Waals surface area contributed by atoms with E-state index in [2.05, 4.69) is 30.7 Å². The van der Waals surface area contributed by atoms with Gasteiger partial charge in [0.15, 0.2) is 0 Å². The molecule has 0 fully saturated rings. The Morgan fingerprint density at radius 2 is 0.983 bits per heavy atom. The number of anilines is 1. The van der Waals surface area contributed by atoms with Gasteiger partial charge in [0.25, 0.3) is 10.1 Å². The fourth-order valence-electron chi connectivity index (χ4n) is 5.74. The Balaban J connectivity index is 0.00000256. The molecule has 282 valence electrons. The van der Waals surface area contributed by atoms with E-state index in [1.807, 2.05) is 0 Å². The van der Waals surface area contributed by atoms with Gasteiger partial charge in [0.1, 0.15) is 25.1 Å². The number of azo groups is 3. The van der Waals surface area contributed by atoms with Crippen molar-refractivity contribution < 1.29 is 133 Å². The maximum Gasteiger partial charge on any atom is 1.00 e. The second-order valence-electron chi connectivity index (χ2n) is 12.0. The summed E-state index contributed by atoms with van der Waals surface area (Å²) in [5, 5.41) is 40.0. The zero-order valence-corrected chi connectivity index (χ0v) is 39.5. The fourth-order valence-corrected chi connectivity index (χ4v) is 7.40. The van der Waals surface area contributed by atoms with Gasteiger partial charge in [0.2, 0.25) is 0 Å². The third-order valence-corrected chi connectivity index (χ3v) is 10.9. The SMILES string of the molecule is Nc1ccc2c([O-])c(N=Nc3ccc(N=Nc4ccc(N=Nc5cccc(S(=O)(=O)[O-])c5)c5ccccc45)c4ccc(S(=O)(=O)[O-])cc34)c(S(=O)(=O)O)cc2c1.[Na+].[Na+].[Na+]. The predicted molar refractivity (Wildman–Crippen MR) is 200 cm³/mol. The molecule has 7 rings (SSSR count). The summed E-state index contributed by atoms with van der Waals surface area (Å²) in [6, 6.07) is 26.5. The van der Waals surface area contributed by atoms with Gasteiger partial charge in [0, 0.05) is 27.2 Å². The van der Waals surface area contributed by atoms with Crippen molar-refractivity contribution in [2.75, 3.05) is 5.73 Å². The van der Waals surface area contributed by atoms with Gasteiger partial charge in [-0.1, -0.05) is 48.2 Å². The third kappa shape index (κ3) is 10.7. The van der Waals surface area contributed by atoms with Crippen LogP contribution in [0, 0.1) is 0 Å². The normalized spacial score (nSPS) is 12.3. The van der Waals surface area contributed by atoms with Gasteiger partial charge >= 0.3 is 88.7 Å². The molecule has 0 aliphatic heterocycles. The van der Waals surface area contributed by atoms with Gasteiger partial charge in [-0.25, -0.2) is 16.8 Å². The molecule has 0 saturated heterocycles. The maximum atomic E-state index is 13.4. The molecular weight excluding hydrogens is 856 g/mol. The standard InChI is InChI=1S/C36H25N7O10S3.3Na/c37-21-8-10-25-20(16-21)17-34(56(51,52)53)35(36(25)44)43-42-33-15-14-32(28-11-9-24(19-29(28)33)55(48,49)50)41-40-31-13-12-30(26-6-1-2-7-27(26)31)39-38-22-4-3-5-23(18-22)54(45,46)47;;;/h1-19,44H,37H2,(H,45,46,47)(H,48,49,50)(H,51,52,53);;;/q;3*+1/p-3. The maximum absolute atomic E-state index is 13.4. The van der Waals surface area contributed by atoms with Crippen molar-refractivity contribution in [1.29, 1.82) is 0 Å². The Morgan fingerprint density at radius 3 is 1.54 bits per heavy atom. The molecule has 0 atom stereocenters. The first-order valence-corrected chi connectivity index (χ1v) is 20.1. The molecule has 0 radical (unpaired) electrons. The zero-order chi connectivity index (χ0) is 40.0. The third-order valence-electron chi connectivity index (χ3n) is 8.34. The number of benzene rings is 7. The molecule has 0 amide bonds. The summed E-state index contributed by atoms with van der Waals surface area (Å²) in [4.78, 5) is -1.92. The molecule has 3 N–H and O–H groups in total. The minimum absolute atomic E-state index is 0. The second-order valence-corrected chi connectivity index (χ2v) is 16.1. The molecule has 0 saturated carbocycles. The largest absolute Gasteiger partial charge is 1.00 e. The van der Waals surface area contributed by atoms with Crippen LogP contribution in [0.1, 0.15) is 0 Å². The van der Waals surface area contributed by atoms with E-state index in [0.29, 0.717) is 22.1 Å². The second kappa shape index (κ2) is 19.0. The smallest absolute Gasteiger partial charge is 0.871 e. The molecule has 0 heterocycles. The van der Waals surface area contributed by atoms with Crippen molar-refractivity contribution in [1.82, 2.24) is 0 Å². The van der Waals surface area contributed by atoms with Gasteiger partial charge < -0.3 is 19.9 Å². The van der Waals surface area contributed by atoms with Gasteiger partial charge in [-0.3, -0.25) is 4.55 Å². The van der Waals surface area contributed by atoms with E-state index in [0.717, 1.165) is 30.3 Å². The zero-order valence-electron chi connectivity index (χ0n) is 31.1. The van der Waals surface area contributed by atoms with E-state index in [1.54, 1.807) is 36.4 Å². The van der Waals surface area contributed by atoms with E-state index in [4.69, 9.17) is 5.73 Å². The molecule has 0 aliphatic rings. The number of hydrogen-bond acceptors (Lipinski definition) is 16. The average molecular weight is 878 g/mol. The predicted octanol–water partition coefficient (Wildman–Crippen LogP) is -0.885. The van der Waals surface area contributed by atoms with E-state index in [-0.39, 0.29) is 133 Å². The van der Waals surface area contributed by atoms with Crippen molar-refractivity contribution in [3.63, 3.8) is 0 Å². The van der Waals surface area contributed by atoms with E-state index in [1.165, 1.54) is 48.5 Å². The Bertz CT molecular complexity index is 3230. The minimum atomic E-state index is -5.00. The summed E-state index contributed by atoms with van der Waals surface area (Å²) >= 11 is 0. The quantitative estimate of drug-likeness (QED) is 0.0777. The van der Waals surface area contributed by atoms with Gasteiger partial charge in [-0.2, -0.15) is 13.5 Å². The topological polar surface area (TPSA) is 292 Å². The Hall–Kier alpha value is -3.55. The molecule has 0 aromatic heterocycles. The summed E-state index contributed by atoms with van der Waals surface area (Å²) < 4.78 is 105. The van der Waals surface area contributed by atoms with Crippen LogP contribution < -0.4 is 99.5 Å². The van der Waals surface area contributed by atoms with Crippen LogP contribution >= 0.6 is 0 Å². The van der Waals surface area contributed by atoms with Gasteiger partial charge in [-0.15, -0.1) is 25.6 Å². The number of nitrogen functional groups attached to an aromatic ring is 1. The average Bonchev–Trinajstić information content (AvgIpc) is 3.15. The summed E-state index contributed by atoms with van der Waals surface area (Å²) in [7, 11) is -14.7. The minimum Gasteiger partial charge on any atom is -0.871 e. The van der Waals surface area contributed by atoms with Crippen LogP contribution in [0.25, 0.3) is 32.3 Å². The van der Waals surface area contributed by atoms with Crippen LogP contribution in [0.3, 0.4) is 0 Å². The van der Waals surface area contributed by atoms with Crippen molar-refractivity contribution >= 4 is 102 Å². The number of fused-ring (bicyclic) bond motifs is 3. The molecule has 7 aromatic rings. The summed E-state index contributed by atoms with van der Waals surface area (Å²) in [6.07, 6.45) is 0. The molecule has 0 bridgehead atoms. The summed E-state index contributed by atoms with van der Waals surface area (Å²) in [6.45, 7) is 0. The van der Waals surface area contributed by atoms with Crippen molar-refractivity contribution in [2.24, 2.45) is 30.7 Å². The van der Waals surface area contributed by atoms with E-state index >= 15 is 0 Å². The molecule has 7 aromatic carbocycles. The Kier molecular flexibility index (Phi) is 15.5. The number of nitrogens with two attached hydrogens (primary N) is 1. The molecule has 23 heteroatoms. The summed E-state index contributed by atoms with van der Waals surface area (Å²) in [5.41, 5.74) is 6.25. The van der Waals surface area contributed by atoms with E-state index in [9.17, 15) is 44.0 Å².